The summed E-state index contributed by atoms with van der Waals surface area (Å²) in [6.45, 7) is 0.482. The van der Waals surface area contributed by atoms with Gasteiger partial charge in [-0.2, -0.15) is 0 Å². The maximum atomic E-state index is 12.1. The van der Waals surface area contributed by atoms with E-state index in [1.54, 1.807) is 6.08 Å². The molecule has 2 aliphatic heterocycles. The molecule has 0 saturated carbocycles. The first-order chi connectivity index (χ1) is 11.4. The minimum atomic E-state index is -3.01. The number of benzene rings is 1. The lowest BCUT2D eigenvalue weighted by Gasteiger charge is -2.37. The quantitative estimate of drug-likeness (QED) is 0.771. The molecule has 3 rings (SSSR count). The Bertz CT molecular complexity index is 762. The zero-order chi connectivity index (χ0) is 17.2. The third-order valence-corrected chi connectivity index (χ3v) is 6.75. The third-order valence-electron chi connectivity index (χ3n) is 4.47. The van der Waals surface area contributed by atoms with Crippen molar-refractivity contribution in [2.45, 2.75) is 30.9 Å². The fourth-order valence-electron chi connectivity index (χ4n) is 3.34. The minimum Gasteiger partial charge on any atom is -0.374 e. The molecule has 2 atom stereocenters. The second-order valence-electron chi connectivity index (χ2n) is 6.46. The fourth-order valence-corrected chi connectivity index (χ4v) is 5.74. The van der Waals surface area contributed by atoms with Crippen molar-refractivity contribution in [1.29, 1.82) is 0 Å². The SMILES string of the molecule is O=C(C=Cc1cccc(Br)c1)NC1CCOC2(CCS(=O)(=O)C2)C1. The van der Waals surface area contributed by atoms with E-state index in [-0.39, 0.29) is 23.5 Å². The molecule has 1 amide bonds. The van der Waals surface area contributed by atoms with Crippen molar-refractivity contribution in [3.8, 4) is 0 Å². The summed E-state index contributed by atoms with van der Waals surface area (Å²) in [5.41, 5.74) is 0.327. The zero-order valence-electron chi connectivity index (χ0n) is 13.2. The first kappa shape index (κ1) is 17.6. The molecule has 0 radical (unpaired) electrons. The van der Waals surface area contributed by atoms with Crippen LogP contribution in [-0.4, -0.2) is 44.1 Å². The number of nitrogens with one attached hydrogen (secondary N) is 1. The van der Waals surface area contributed by atoms with Gasteiger partial charge < -0.3 is 10.1 Å². The third kappa shape index (κ3) is 4.46. The van der Waals surface area contributed by atoms with Crippen LogP contribution in [0.3, 0.4) is 0 Å². The van der Waals surface area contributed by atoms with Crippen molar-refractivity contribution < 1.29 is 17.9 Å². The number of halogens is 1. The van der Waals surface area contributed by atoms with E-state index in [4.69, 9.17) is 4.74 Å². The second-order valence-corrected chi connectivity index (χ2v) is 9.56. The Morgan fingerprint density at radius 1 is 1.42 bits per heavy atom. The number of amides is 1. The molecule has 24 heavy (non-hydrogen) atoms. The number of hydrogen-bond donors (Lipinski definition) is 1. The fraction of sp³-hybridized carbons (Fsp3) is 0.471. The van der Waals surface area contributed by atoms with Crippen LogP contribution in [0, 0.1) is 0 Å². The van der Waals surface area contributed by atoms with Crippen LogP contribution >= 0.6 is 15.9 Å². The minimum absolute atomic E-state index is 0.0493. The number of rotatable bonds is 3. The van der Waals surface area contributed by atoms with Gasteiger partial charge in [0.1, 0.15) is 0 Å². The number of carbonyl (C=O) groups is 1. The van der Waals surface area contributed by atoms with Gasteiger partial charge in [0, 0.05) is 23.2 Å². The Kier molecular flexibility index (Phi) is 5.13. The highest BCUT2D eigenvalue weighted by Crippen LogP contribution is 2.35. The smallest absolute Gasteiger partial charge is 0.244 e. The van der Waals surface area contributed by atoms with Crippen molar-refractivity contribution in [3.63, 3.8) is 0 Å². The normalized spacial score (nSPS) is 29.1. The van der Waals surface area contributed by atoms with Gasteiger partial charge >= 0.3 is 0 Å². The van der Waals surface area contributed by atoms with Crippen LogP contribution in [0.4, 0.5) is 0 Å². The van der Waals surface area contributed by atoms with E-state index < -0.39 is 15.4 Å². The van der Waals surface area contributed by atoms with E-state index in [0.717, 1.165) is 10.0 Å². The molecule has 0 bridgehead atoms. The molecule has 2 saturated heterocycles. The van der Waals surface area contributed by atoms with Gasteiger partial charge in [-0.25, -0.2) is 8.42 Å². The number of ether oxygens (including phenoxy) is 1. The lowest BCUT2D eigenvalue weighted by atomic mass is 9.90. The van der Waals surface area contributed by atoms with Gasteiger partial charge in [-0.3, -0.25) is 4.79 Å². The zero-order valence-corrected chi connectivity index (χ0v) is 15.6. The standard InChI is InChI=1S/C17H20BrNO4S/c18-14-3-1-2-13(10-14)4-5-16(20)19-15-6-8-23-17(11-15)7-9-24(21,22)12-17/h1-5,10,15H,6-9,11-12H2,(H,19,20). The lowest BCUT2D eigenvalue weighted by Crippen LogP contribution is -2.49. The molecule has 0 aliphatic carbocycles. The number of carbonyl (C=O) groups excluding carboxylic acids is 1. The molecule has 2 heterocycles. The monoisotopic (exact) mass is 413 g/mol. The summed E-state index contributed by atoms with van der Waals surface area (Å²) >= 11 is 3.39. The van der Waals surface area contributed by atoms with Crippen LogP contribution in [0.2, 0.25) is 0 Å². The summed E-state index contributed by atoms with van der Waals surface area (Å²) in [4.78, 5) is 12.1. The Morgan fingerprint density at radius 2 is 2.25 bits per heavy atom. The van der Waals surface area contributed by atoms with E-state index in [1.807, 2.05) is 24.3 Å². The molecular formula is C17H20BrNO4S. The number of hydrogen-bond acceptors (Lipinski definition) is 4. The van der Waals surface area contributed by atoms with Crippen LogP contribution in [-0.2, 0) is 19.4 Å². The summed E-state index contributed by atoms with van der Waals surface area (Å²) in [5.74, 6) is 0.0781. The summed E-state index contributed by atoms with van der Waals surface area (Å²) < 4.78 is 30.2. The van der Waals surface area contributed by atoms with Gasteiger partial charge in [0.25, 0.3) is 0 Å². The Labute approximate surface area is 150 Å². The van der Waals surface area contributed by atoms with Crippen molar-refractivity contribution in [3.05, 3.63) is 40.4 Å². The molecule has 1 aromatic rings. The molecule has 130 valence electrons. The first-order valence-electron chi connectivity index (χ1n) is 7.94. The van der Waals surface area contributed by atoms with E-state index in [9.17, 15) is 13.2 Å². The van der Waals surface area contributed by atoms with E-state index in [0.29, 0.717) is 25.9 Å². The summed E-state index contributed by atoms with van der Waals surface area (Å²) in [6.07, 6.45) is 5.06. The highest BCUT2D eigenvalue weighted by Gasteiger charge is 2.46. The van der Waals surface area contributed by atoms with Crippen LogP contribution in [0.15, 0.2) is 34.8 Å². The van der Waals surface area contributed by atoms with Crippen molar-refractivity contribution in [1.82, 2.24) is 5.32 Å². The van der Waals surface area contributed by atoms with Crippen LogP contribution < -0.4 is 5.32 Å². The maximum Gasteiger partial charge on any atom is 0.244 e. The Balaban J connectivity index is 1.58. The van der Waals surface area contributed by atoms with Gasteiger partial charge in [0.15, 0.2) is 9.84 Å². The summed E-state index contributed by atoms with van der Waals surface area (Å²) in [6, 6.07) is 7.63. The van der Waals surface area contributed by atoms with Gasteiger partial charge in [-0.1, -0.05) is 28.1 Å². The molecule has 2 aliphatic rings. The van der Waals surface area contributed by atoms with Crippen molar-refractivity contribution >= 4 is 37.8 Å². The lowest BCUT2D eigenvalue weighted by molar-refractivity contribution is -0.119. The molecule has 7 heteroatoms. The molecule has 1 spiro atoms. The summed E-state index contributed by atoms with van der Waals surface area (Å²) in [7, 11) is -3.01. The van der Waals surface area contributed by atoms with Gasteiger partial charge in [0.2, 0.25) is 5.91 Å². The second kappa shape index (κ2) is 6.98. The molecule has 0 aromatic heterocycles. The maximum absolute atomic E-state index is 12.1. The first-order valence-corrected chi connectivity index (χ1v) is 10.6. The van der Waals surface area contributed by atoms with E-state index in [2.05, 4.69) is 21.2 Å². The predicted octanol–water partition coefficient (Wildman–Crippen LogP) is 2.31. The van der Waals surface area contributed by atoms with Gasteiger partial charge in [0.05, 0.1) is 17.1 Å². The van der Waals surface area contributed by atoms with Crippen LogP contribution in [0.25, 0.3) is 6.08 Å². The van der Waals surface area contributed by atoms with Crippen molar-refractivity contribution in [2.24, 2.45) is 0 Å². The molecule has 1 N–H and O–H groups in total. The van der Waals surface area contributed by atoms with Crippen LogP contribution in [0.1, 0.15) is 24.8 Å². The Morgan fingerprint density at radius 3 is 2.96 bits per heavy atom. The summed E-state index contributed by atoms with van der Waals surface area (Å²) in [5, 5.41) is 2.97. The number of sulfone groups is 1. The largest absolute Gasteiger partial charge is 0.374 e. The highest BCUT2D eigenvalue weighted by molar-refractivity contribution is 9.10. The predicted molar refractivity (Wildman–Crippen MR) is 96.3 cm³/mol. The topological polar surface area (TPSA) is 72.5 Å². The molecule has 2 fully saturated rings. The van der Waals surface area contributed by atoms with E-state index in [1.165, 1.54) is 6.08 Å². The molecule has 1 aromatic carbocycles. The van der Waals surface area contributed by atoms with Crippen molar-refractivity contribution in [2.75, 3.05) is 18.1 Å². The molecule has 5 nitrogen and oxygen atoms in total. The highest BCUT2D eigenvalue weighted by atomic mass is 79.9. The molecular weight excluding hydrogens is 394 g/mol. The van der Waals surface area contributed by atoms with Crippen LogP contribution in [0.5, 0.6) is 0 Å². The molecule has 2 unspecified atom stereocenters. The average molecular weight is 414 g/mol. The van der Waals surface area contributed by atoms with Gasteiger partial charge in [-0.05, 0) is 43.0 Å². The van der Waals surface area contributed by atoms with E-state index >= 15 is 0 Å². The average Bonchev–Trinajstić information content (AvgIpc) is 2.80. The van der Waals surface area contributed by atoms with Gasteiger partial charge in [-0.15, -0.1) is 0 Å². The Hall–Kier alpha value is -1.18.